The molecule has 1 N–H and O–H groups in total. The van der Waals surface area contributed by atoms with E-state index in [1.54, 1.807) is 29.5 Å². The van der Waals surface area contributed by atoms with Crippen LogP contribution in [0.25, 0.3) is 10.9 Å². The standard InChI is InChI=1S/C21H23FN4OS/c1-13-19-18(12-28-13)24-14(2)25-20(19)26-9-7-15(8-10-26)21(27)23-11-16-5-3-4-6-17(16)22/h3-6,12,15H,7-11H2,1-2H3,(H,23,27). The molecule has 28 heavy (non-hydrogen) atoms. The Morgan fingerprint density at radius 1 is 1.25 bits per heavy atom. The molecule has 1 fully saturated rings. The average molecular weight is 399 g/mol. The number of carbonyl (C=O) groups excluding carboxylic acids is 1. The molecule has 5 nitrogen and oxygen atoms in total. The summed E-state index contributed by atoms with van der Waals surface area (Å²) in [5.74, 6) is 1.41. The van der Waals surface area contributed by atoms with Crippen LogP contribution in [0.3, 0.4) is 0 Å². The molecular weight excluding hydrogens is 375 g/mol. The molecule has 7 heteroatoms. The Kier molecular flexibility index (Phi) is 5.26. The van der Waals surface area contributed by atoms with Crippen LogP contribution in [0.15, 0.2) is 29.6 Å². The quantitative estimate of drug-likeness (QED) is 0.722. The van der Waals surface area contributed by atoms with Gasteiger partial charge in [-0.2, -0.15) is 0 Å². The zero-order chi connectivity index (χ0) is 19.7. The van der Waals surface area contributed by atoms with Crippen LogP contribution in [0.5, 0.6) is 0 Å². The summed E-state index contributed by atoms with van der Waals surface area (Å²) in [6, 6.07) is 6.54. The van der Waals surface area contributed by atoms with Crippen LogP contribution in [0.1, 0.15) is 29.1 Å². The molecule has 4 rings (SSSR count). The third kappa shape index (κ3) is 3.71. The van der Waals surface area contributed by atoms with Crippen molar-refractivity contribution in [3.8, 4) is 0 Å². The van der Waals surface area contributed by atoms with Gasteiger partial charge < -0.3 is 10.2 Å². The third-order valence-corrected chi connectivity index (χ3v) is 6.20. The van der Waals surface area contributed by atoms with Crippen molar-refractivity contribution in [1.29, 1.82) is 0 Å². The van der Waals surface area contributed by atoms with Gasteiger partial charge in [0, 0.05) is 41.4 Å². The number of piperidine rings is 1. The van der Waals surface area contributed by atoms with Gasteiger partial charge in [0.1, 0.15) is 17.5 Å². The number of fused-ring (bicyclic) bond motifs is 1. The van der Waals surface area contributed by atoms with Crippen molar-refractivity contribution in [2.45, 2.75) is 33.2 Å². The second kappa shape index (κ2) is 7.83. The molecule has 2 aromatic heterocycles. The number of thiophene rings is 1. The van der Waals surface area contributed by atoms with Gasteiger partial charge in [-0.3, -0.25) is 4.79 Å². The maximum absolute atomic E-state index is 13.7. The largest absolute Gasteiger partial charge is 0.356 e. The van der Waals surface area contributed by atoms with Crippen LogP contribution >= 0.6 is 11.3 Å². The van der Waals surface area contributed by atoms with E-state index in [0.717, 1.165) is 48.5 Å². The molecule has 0 atom stereocenters. The van der Waals surface area contributed by atoms with Gasteiger partial charge in [0.2, 0.25) is 5.91 Å². The van der Waals surface area contributed by atoms with Crippen molar-refractivity contribution in [2.24, 2.45) is 5.92 Å². The molecule has 146 valence electrons. The molecular formula is C21H23FN4OS. The maximum atomic E-state index is 13.7. The first kappa shape index (κ1) is 18.8. The van der Waals surface area contributed by atoms with E-state index in [0.29, 0.717) is 5.56 Å². The fourth-order valence-corrected chi connectivity index (χ4v) is 4.53. The fraction of sp³-hybridized carbons (Fsp3) is 0.381. The van der Waals surface area contributed by atoms with Crippen LogP contribution in [-0.4, -0.2) is 29.0 Å². The molecule has 0 saturated carbocycles. The summed E-state index contributed by atoms with van der Waals surface area (Å²) in [7, 11) is 0. The first-order valence-corrected chi connectivity index (χ1v) is 10.4. The summed E-state index contributed by atoms with van der Waals surface area (Å²) in [6.07, 6.45) is 1.52. The number of aryl methyl sites for hydroxylation is 2. The van der Waals surface area contributed by atoms with E-state index in [1.807, 2.05) is 6.92 Å². The lowest BCUT2D eigenvalue weighted by molar-refractivity contribution is -0.125. The van der Waals surface area contributed by atoms with Crippen molar-refractivity contribution < 1.29 is 9.18 Å². The number of aromatic nitrogens is 2. The summed E-state index contributed by atoms with van der Waals surface area (Å²) >= 11 is 1.69. The monoisotopic (exact) mass is 398 g/mol. The molecule has 0 spiro atoms. The van der Waals surface area contributed by atoms with Crippen LogP contribution in [0.4, 0.5) is 10.2 Å². The highest BCUT2D eigenvalue weighted by atomic mass is 32.1. The molecule has 1 aliphatic rings. The summed E-state index contributed by atoms with van der Waals surface area (Å²) in [5, 5.41) is 6.08. The fourth-order valence-electron chi connectivity index (χ4n) is 3.76. The summed E-state index contributed by atoms with van der Waals surface area (Å²) < 4.78 is 13.7. The normalized spacial score (nSPS) is 15.2. The zero-order valence-electron chi connectivity index (χ0n) is 16.0. The Morgan fingerprint density at radius 3 is 2.75 bits per heavy atom. The lowest BCUT2D eigenvalue weighted by atomic mass is 9.95. The average Bonchev–Trinajstić information content (AvgIpc) is 3.07. The highest BCUT2D eigenvalue weighted by molar-refractivity contribution is 7.11. The highest BCUT2D eigenvalue weighted by Crippen LogP contribution is 2.33. The number of nitrogens with zero attached hydrogens (tertiary/aromatic N) is 3. The molecule has 3 heterocycles. The molecule has 3 aromatic rings. The summed E-state index contributed by atoms with van der Waals surface area (Å²) in [6.45, 7) is 5.79. The van der Waals surface area contributed by atoms with Gasteiger partial charge in [0.15, 0.2) is 0 Å². The van der Waals surface area contributed by atoms with Gasteiger partial charge in [-0.1, -0.05) is 18.2 Å². The molecule has 1 saturated heterocycles. The molecule has 1 aliphatic heterocycles. The second-order valence-electron chi connectivity index (χ2n) is 7.22. The van der Waals surface area contributed by atoms with Gasteiger partial charge in [-0.15, -0.1) is 11.3 Å². The Bertz CT molecular complexity index is 1010. The smallest absolute Gasteiger partial charge is 0.223 e. The second-order valence-corrected chi connectivity index (χ2v) is 8.30. The van der Waals surface area contributed by atoms with Crippen LogP contribution < -0.4 is 10.2 Å². The molecule has 0 radical (unpaired) electrons. The van der Waals surface area contributed by atoms with Crippen LogP contribution in [0, 0.1) is 25.6 Å². The van der Waals surface area contributed by atoms with Crippen molar-refractivity contribution in [3.63, 3.8) is 0 Å². The SMILES string of the molecule is Cc1nc(N2CCC(C(=O)NCc3ccccc3F)CC2)c2c(C)scc2n1. The number of anilines is 1. The number of halogens is 1. The number of hydrogen-bond acceptors (Lipinski definition) is 5. The number of amides is 1. The summed E-state index contributed by atoms with van der Waals surface area (Å²) in [4.78, 5) is 25.2. The van der Waals surface area contributed by atoms with Crippen LogP contribution in [0.2, 0.25) is 0 Å². The maximum Gasteiger partial charge on any atom is 0.223 e. The van der Waals surface area contributed by atoms with Gasteiger partial charge >= 0.3 is 0 Å². The number of hydrogen-bond donors (Lipinski definition) is 1. The Balaban J connectivity index is 1.40. The Labute approximate surface area is 167 Å². The van der Waals surface area contributed by atoms with E-state index in [9.17, 15) is 9.18 Å². The molecule has 0 bridgehead atoms. The number of nitrogens with one attached hydrogen (secondary N) is 1. The van der Waals surface area contributed by atoms with Crippen molar-refractivity contribution >= 4 is 34.0 Å². The van der Waals surface area contributed by atoms with E-state index in [-0.39, 0.29) is 24.2 Å². The number of rotatable bonds is 4. The molecule has 0 aliphatic carbocycles. The van der Waals surface area contributed by atoms with Gasteiger partial charge in [0.25, 0.3) is 0 Å². The van der Waals surface area contributed by atoms with Gasteiger partial charge in [0.05, 0.1) is 10.9 Å². The van der Waals surface area contributed by atoms with Crippen molar-refractivity contribution in [1.82, 2.24) is 15.3 Å². The molecule has 0 unspecified atom stereocenters. The van der Waals surface area contributed by atoms with Crippen LogP contribution in [-0.2, 0) is 11.3 Å². The van der Waals surface area contributed by atoms with E-state index >= 15 is 0 Å². The molecule has 1 amide bonds. The molecule has 1 aromatic carbocycles. The Hall–Kier alpha value is -2.54. The lowest BCUT2D eigenvalue weighted by Gasteiger charge is -2.32. The predicted molar refractivity (Wildman–Crippen MR) is 110 cm³/mol. The highest BCUT2D eigenvalue weighted by Gasteiger charge is 2.27. The van der Waals surface area contributed by atoms with Crippen molar-refractivity contribution in [3.05, 3.63) is 51.7 Å². The van der Waals surface area contributed by atoms with E-state index in [1.165, 1.54) is 10.9 Å². The first-order chi connectivity index (χ1) is 13.5. The minimum atomic E-state index is -0.285. The van der Waals surface area contributed by atoms with Gasteiger partial charge in [-0.25, -0.2) is 14.4 Å². The Morgan fingerprint density at radius 2 is 2.00 bits per heavy atom. The van der Waals surface area contributed by atoms with E-state index in [2.05, 4.69) is 27.5 Å². The summed E-state index contributed by atoms with van der Waals surface area (Å²) in [5.41, 5.74) is 1.51. The third-order valence-electron chi connectivity index (χ3n) is 5.31. The first-order valence-electron chi connectivity index (χ1n) is 9.51. The van der Waals surface area contributed by atoms with Gasteiger partial charge in [-0.05, 0) is 32.8 Å². The zero-order valence-corrected chi connectivity index (χ0v) is 16.9. The van der Waals surface area contributed by atoms with E-state index in [4.69, 9.17) is 4.98 Å². The predicted octanol–water partition coefficient (Wildman–Crippen LogP) is 3.98. The van der Waals surface area contributed by atoms with Crippen molar-refractivity contribution in [2.75, 3.05) is 18.0 Å². The number of benzene rings is 1. The minimum Gasteiger partial charge on any atom is -0.356 e. The number of carbonyl (C=O) groups is 1. The topological polar surface area (TPSA) is 58.1 Å². The minimum absolute atomic E-state index is 0.00127. The lowest BCUT2D eigenvalue weighted by Crippen LogP contribution is -2.41. The van der Waals surface area contributed by atoms with E-state index < -0.39 is 0 Å².